The monoisotopic (exact) mass is 284 g/mol. The molecule has 0 amide bonds. The Morgan fingerprint density at radius 1 is 1.30 bits per heavy atom. The van der Waals surface area contributed by atoms with Crippen LogP contribution in [0.15, 0.2) is 12.1 Å². The molecule has 1 aromatic rings. The predicted octanol–water partition coefficient (Wildman–Crippen LogP) is 4.11. The molecule has 2 rings (SSSR count). The van der Waals surface area contributed by atoms with E-state index in [0.29, 0.717) is 12.0 Å². The molecule has 1 aliphatic carbocycles. The maximum atomic E-state index is 13.8. The lowest BCUT2D eigenvalue weighted by atomic mass is 9.78. The Morgan fingerprint density at radius 2 is 2.00 bits per heavy atom. The molecule has 3 unspecified atom stereocenters. The van der Waals surface area contributed by atoms with Crippen molar-refractivity contribution in [1.82, 2.24) is 0 Å². The van der Waals surface area contributed by atoms with Crippen LogP contribution in [0.5, 0.6) is 0 Å². The number of nitro benzene ring substituents is 1. The number of nitrogens with one attached hydrogen (secondary N) is 1. The highest BCUT2D eigenvalue weighted by Crippen LogP contribution is 2.35. The fourth-order valence-corrected chi connectivity index (χ4v) is 2.82. The highest BCUT2D eigenvalue weighted by Gasteiger charge is 2.30. The Hall–Kier alpha value is -1.72. The van der Waals surface area contributed by atoms with Crippen LogP contribution >= 0.6 is 0 Å². The molecule has 0 saturated heterocycles. The van der Waals surface area contributed by atoms with Gasteiger partial charge >= 0.3 is 0 Å². The van der Waals surface area contributed by atoms with Crippen molar-refractivity contribution in [1.29, 1.82) is 0 Å². The standard InChI is InChI=1S/C14H18F2N2O2/c1-8-4-3-5-12(9(8)2)17-14-11(16)6-10(15)7-13(14)18(19)20/h6-9,12,17H,3-5H2,1-2H3. The number of anilines is 1. The van der Waals surface area contributed by atoms with Crippen LogP contribution in [-0.2, 0) is 0 Å². The van der Waals surface area contributed by atoms with Crippen LogP contribution in [0.3, 0.4) is 0 Å². The maximum Gasteiger partial charge on any atom is 0.298 e. The van der Waals surface area contributed by atoms with Gasteiger partial charge in [-0.1, -0.05) is 26.7 Å². The predicted molar refractivity (Wildman–Crippen MR) is 72.6 cm³/mol. The molecule has 1 N–H and O–H groups in total. The van der Waals surface area contributed by atoms with Gasteiger partial charge in [0.1, 0.15) is 11.5 Å². The number of hydrogen-bond acceptors (Lipinski definition) is 3. The summed E-state index contributed by atoms with van der Waals surface area (Å²) in [7, 11) is 0. The molecule has 0 aromatic heterocycles. The van der Waals surface area contributed by atoms with Crippen LogP contribution in [0.1, 0.15) is 33.1 Å². The topological polar surface area (TPSA) is 55.2 Å². The van der Waals surface area contributed by atoms with Gasteiger partial charge in [-0.15, -0.1) is 0 Å². The van der Waals surface area contributed by atoms with Gasteiger partial charge in [-0.25, -0.2) is 8.78 Å². The lowest BCUT2D eigenvalue weighted by Gasteiger charge is -2.35. The Morgan fingerprint density at radius 3 is 2.65 bits per heavy atom. The second-order valence-corrected chi connectivity index (χ2v) is 5.56. The molecule has 20 heavy (non-hydrogen) atoms. The van der Waals surface area contributed by atoms with Gasteiger partial charge in [0.25, 0.3) is 5.69 Å². The molecule has 4 nitrogen and oxygen atoms in total. The summed E-state index contributed by atoms with van der Waals surface area (Å²) in [5.74, 6) is -1.09. The largest absolute Gasteiger partial charge is 0.374 e. The Labute approximate surface area is 116 Å². The first-order chi connectivity index (χ1) is 9.40. The molecule has 1 fully saturated rings. The third kappa shape index (κ3) is 2.89. The molecule has 0 bridgehead atoms. The van der Waals surface area contributed by atoms with E-state index in [2.05, 4.69) is 19.2 Å². The minimum Gasteiger partial charge on any atom is -0.374 e. The van der Waals surface area contributed by atoms with Crippen molar-refractivity contribution < 1.29 is 13.7 Å². The van der Waals surface area contributed by atoms with Gasteiger partial charge in [0, 0.05) is 12.1 Å². The van der Waals surface area contributed by atoms with Gasteiger partial charge in [-0.2, -0.15) is 0 Å². The fourth-order valence-electron chi connectivity index (χ4n) is 2.82. The minimum absolute atomic E-state index is 0.0302. The van der Waals surface area contributed by atoms with E-state index in [4.69, 9.17) is 0 Å². The number of rotatable bonds is 3. The van der Waals surface area contributed by atoms with Crippen LogP contribution in [0.2, 0.25) is 0 Å². The molecule has 1 aliphatic rings. The van der Waals surface area contributed by atoms with Gasteiger partial charge < -0.3 is 5.32 Å². The van der Waals surface area contributed by atoms with Crippen LogP contribution in [0, 0.1) is 33.6 Å². The van der Waals surface area contributed by atoms with E-state index >= 15 is 0 Å². The first-order valence-corrected chi connectivity index (χ1v) is 6.80. The Kier molecular flexibility index (Phi) is 4.20. The van der Waals surface area contributed by atoms with Crippen LogP contribution in [-0.4, -0.2) is 11.0 Å². The lowest BCUT2D eigenvalue weighted by Crippen LogP contribution is -2.35. The van der Waals surface area contributed by atoms with Crippen molar-refractivity contribution in [3.8, 4) is 0 Å². The van der Waals surface area contributed by atoms with E-state index in [0.717, 1.165) is 25.3 Å². The molecule has 3 atom stereocenters. The quantitative estimate of drug-likeness (QED) is 0.671. The average molecular weight is 284 g/mol. The number of halogens is 2. The summed E-state index contributed by atoms with van der Waals surface area (Å²) in [6.07, 6.45) is 2.94. The number of benzene rings is 1. The highest BCUT2D eigenvalue weighted by molar-refractivity contribution is 5.63. The van der Waals surface area contributed by atoms with Crippen LogP contribution < -0.4 is 5.32 Å². The third-order valence-electron chi connectivity index (χ3n) is 4.27. The van der Waals surface area contributed by atoms with E-state index in [1.54, 1.807) is 0 Å². The van der Waals surface area contributed by atoms with Gasteiger partial charge in [0.2, 0.25) is 0 Å². The van der Waals surface area contributed by atoms with Crippen molar-refractivity contribution in [2.24, 2.45) is 11.8 Å². The zero-order valence-electron chi connectivity index (χ0n) is 11.5. The normalized spacial score (nSPS) is 26.3. The fraction of sp³-hybridized carbons (Fsp3) is 0.571. The second-order valence-electron chi connectivity index (χ2n) is 5.56. The second kappa shape index (κ2) is 5.73. The first kappa shape index (κ1) is 14.7. The summed E-state index contributed by atoms with van der Waals surface area (Å²) < 4.78 is 27.0. The Balaban J connectivity index is 2.31. The zero-order valence-corrected chi connectivity index (χ0v) is 11.5. The van der Waals surface area contributed by atoms with Crippen molar-refractivity contribution in [3.63, 3.8) is 0 Å². The van der Waals surface area contributed by atoms with Gasteiger partial charge in [-0.05, 0) is 18.3 Å². The molecule has 1 aromatic carbocycles. The summed E-state index contributed by atoms with van der Waals surface area (Å²) in [4.78, 5) is 10.2. The van der Waals surface area contributed by atoms with Gasteiger partial charge in [0.05, 0.1) is 11.0 Å². The maximum absolute atomic E-state index is 13.8. The van der Waals surface area contributed by atoms with Gasteiger partial charge in [0.15, 0.2) is 5.82 Å². The smallest absolute Gasteiger partial charge is 0.298 e. The van der Waals surface area contributed by atoms with Crippen molar-refractivity contribution in [2.45, 2.75) is 39.2 Å². The molecule has 6 heteroatoms. The molecular weight excluding hydrogens is 266 g/mol. The molecule has 0 heterocycles. The van der Waals surface area contributed by atoms with E-state index in [-0.39, 0.29) is 17.6 Å². The van der Waals surface area contributed by atoms with Gasteiger partial charge in [-0.3, -0.25) is 10.1 Å². The van der Waals surface area contributed by atoms with Crippen molar-refractivity contribution in [2.75, 3.05) is 5.32 Å². The molecule has 0 spiro atoms. The summed E-state index contributed by atoms with van der Waals surface area (Å²) in [6, 6.07) is 1.40. The zero-order chi connectivity index (χ0) is 14.9. The van der Waals surface area contributed by atoms with Crippen molar-refractivity contribution in [3.05, 3.63) is 33.9 Å². The first-order valence-electron chi connectivity index (χ1n) is 6.80. The van der Waals surface area contributed by atoms with E-state index in [1.807, 2.05) is 0 Å². The summed E-state index contributed by atoms with van der Waals surface area (Å²) in [6.45, 7) is 4.17. The molecule has 110 valence electrons. The molecular formula is C14H18F2N2O2. The van der Waals surface area contributed by atoms with Crippen LogP contribution in [0.4, 0.5) is 20.2 Å². The highest BCUT2D eigenvalue weighted by atomic mass is 19.1. The van der Waals surface area contributed by atoms with E-state index in [1.165, 1.54) is 0 Å². The van der Waals surface area contributed by atoms with E-state index in [9.17, 15) is 18.9 Å². The summed E-state index contributed by atoms with van der Waals surface area (Å²) in [5, 5.41) is 13.9. The number of hydrogen-bond donors (Lipinski definition) is 1. The van der Waals surface area contributed by atoms with E-state index < -0.39 is 22.2 Å². The summed E-state index contributed by atoms with van der Waals surface area (Å²) >= 11 is 0. The minimum atomic E-state index is -0.940. The molecule has 1 saturated carbocycles. The molecule has 0 aliphatic heterocycles. The SMILES string of the molecule is CC1CCCC(Nc2c(F)cc(F)cc2[N+](=O)[O-])C1C. The average Bonchev–Trinajstić information content (AvgIpc) is 2.37. The Bertz CT molecular complexity index is 522. The summed E-state index contributed by atoms with van der Waals surface area (Å²) in [5.41, 5.74) is -0.754. The van der Waals surface area contributed by atoms with Crippen LogP contribution in [0.25, 0.3) is 0 Å². The third-order valence-corrected chi connectivity index (χ3v) is 4.27. The van der Waals surface area contributed by atoms with Crippen molar-refractivity contribution >= 4 is 11.4 Å². The molecule has 0 radical (unpaired) electrons. The number of nitrogens with zero attached hydrogens (tertiary/aromatic N) is 1. The number of nitro groups is 1. The lowest BCUT2D eigenvalue weighted by molar-refractivity contribution is -0.384.